The van der Waals surface area contributed by atoms with Crippen molar-refractivity contribution >= 4 is 38.2 Å². The molecule has 0 amide bonds. The third-order valence-corrected chi connectivity index (χ3v) is 6.91. The fraction of sp³-hybridized carbons (Fsp3) is 0.333. The fourth-order valence-electron chi connectivity index (χ4n) is 4.75. The Balaban J connectivity index is 1.21. The van der Waals surface area contributed by atoms with E-state index in [9.17, 15) is 9.59 Å². The van der Waals surface area contributed by atoms with Crippen molar-refractivity contribution in [1.29, 1.82) is 0 Å². The number of anilines is 1. The second kappa shape index (κ2) is 8.52. The Labute approximate surface area is 202 Å². The predicted octanol–water partition coefficient (Wildman–Crippen LogP) is 2.90. The summed E-state index contributed by atoms with van der Waals surface area (Å²) in [5.41, 5.74) is 0.874. The molecule has 4 heterocycles. The summed E-state index contributed by atoms with van der Waals surface area (Å²) in [7, 11) is 0. The number of benzene rings is 2. The van der Waals surface area contributed by atoms with Gasteiger partial charge in [-0.2, -0.15) is 0 Å². The standard InChI is InChI=1S/C24H22BrN3O6/c25-15-4-5-18-17(14-15)16(22-28(18)34-24(30)23(29)33-22)6-7-26-8-10-27(11-9-26)19-2-1-3-20-21(19)32-13-12-31-20/h1-5,14H,6-13H2. The van der Waals surface area contributed by atoms with Crippen LogP contribution >= 0.6 is 15.9 Å². The van der Waals surface area contributed by atoms with Crippen molar-refractivity contribution in [2.24, 2.45) is 0 Å². The van der Waals surface area contributed by atoms with Gasteiger partial charge in [0.05, 0.1) is 11.2 Å². The minimum Gasteiger partial charge on any atom is -0.486 e. The lowest BCUT2D eigenvalue weighted by Gasteiger charge is -2.37. The van der Waals surface area contributed by atoms with Crippen molar-refractivity contribution in [3.8, 4) is 11.5 Å². The highest BCUT2D eigenvalue weighted by Crippen LogP contribution is 2.39. The monoisotopic (exact) mass is 527 g/mol. The number of para-hydroxylation sites is 1. The average Bonchev–Trinajstić information content (AvgIpc) is 3.14. The molecular formula is C24H22BrN3O6. The highest BCUT2D eigenvalue weighted by molar-refractivity contribution is 9.10. The molecule has 2 aliphatic rings. The zero-order valence-electron chi connectivity index (χ0n) is 18.3. The Bertz CT molecular complexity index is 1500. The van der Waals surface area contributed by atoms with Crippen LogP contribution < -0.4 is 25.6 Å². The van der Waals surface area contributed by atoms with E-state index < -0.39 is 11.3 Å². The Morgan fingerprint density at radius 3 is 2.62 bits per heavy atom. The van der Waals surface area contributed by atoms with Gasteiger partial charge in [0, 0.05) is 48.1 Å². The normalized spacial score (nSPS) is 16.4. The summed E-state index contributed by atoms with van der Waals surface area (Å²) < 4.78 is 24.4. The van der Waals surface area contributed by atoms with Crippen molar-refractivity contribution < 1.29 is 18.4 Å². The SMILES string of the molecule is O=c1oc2c(CCN3CCN(c4cccc5c4OCCO5)CC3)c3cc(Br)ccc3n2oc1=O. The van der Waals surface area contributed by atoms with E-state index in [4.69, 9.17) is 18.4 Å². The lowest BCUT2D eigenvalue weighted by Crippen LogP contribution is -2.47. The maximum Gasteiger partial charge on any atom is 0.442 e. The van der Waals surface area contributed by atoms with Crippen molar-refractivity contribution in [1.82, 2.24) is 9.47 Å². The van der Waals surface area contributed by atoms with Crippen LogP contribution in [0.5, 0.6) is 11.5 Å². The van der Waals surface area contributed by atoms with Crippen LogP contribution in [0, 0.1) is 0 Å². The number of nitrogens with zero attached hydrogens (tertiary/aromatic N) is 3. The van der Waals surface area contributed by atoms with Crippen LogP contribution in [-0.2, 0) is 6.42 Å². The third-order valence-electron chi connectivity index (χ3n) is 6.41. The smallest absolute Gasteiger partial charge is 0.442 e. The van der Waals surface area contributed by atoms with Crippen LogP contribution in [0.3, 0.4) is 0 Å². The van der Waals surface area contributed by atoms with E-state index in [2.05, 4.69) is 31.8 Å². The fourth-order valence-corrected chi connectivity index (χ4v) is 5.11. The molecule has 0 aliphatic carbocycles. The zero-order chi connectivity index (χ0) is 23.2. The Hall–Kier alpha value is -3.24. The Morgan fingerprint density at radius 1 is 0.941 bits per heavy atom. The largest absolute Gasteiger partial charge is 0.486 e. The first-order chi connectivity index (χ1) is 16.6. The van der Waals surface area contributed by atoms with Gasteiger partial charge in [-0.1, -0.05) is 22.0 Å². The van der Waals surface area contributed by atoms with E-state index in [1.165, 1.54) is 4.57 Å². The molecule has 0 bridgehead atoms. The summed E-state index contributed by atoms with van der Waals surface area (Å²) in [5.74, 6) is 1.63. The van der Waals surface area contributed by atoms with Gasteiger partial charge in [0.1, 0.15) is 13.2 Å². The lowest BCUT2D eigenvalue weighted by molar-refractivity contribution is 0.171. The first-order valence-electron chi connectivity index (χ1n) is 11.2. The molecule has 10 heteroatoms. The van der Waals surface area contributed by atoms with Crippen molar-refractivity contribution in [3.05, 3.63) is 67.3 Å². The van der Waals surface area contributed by atoms with Gasteiger partial charge in [0.25, 0.3) is 0 Å². The zero-order valence-corrected chi connectivity index (χ0v) is 19.9. The van der Waals surface area contributed by atoms with E-state index in [0.717, 1.165) is 65.3 Å². The maximum absolute atomic E-state index is 11.9. The number of aromatic nitrogens is 1. The van der Waals surface area contributed by atoms with Crippen LogP contribution in [0.4, 0.5) is 5.69 Å². The first-order valence-corrected chi connectivity index (χ1v) is 12.0. The number of hydrogen-bond donors (Lipinski definition) is 0. The molecule has 2 aliphatic heterocycles. The van der Waals surface area contributed by atoms with Gasteiger partial charge < -0.3 is 23.3 Å². The number of hydrogen-bond acceptors (Lipinski definition) is 8. The van der Waals surface area contributed by atoms with Gasteiger partial charge >= 0.3 is 11.3 Å². The minimum absolute atomic E-state index is 0.282. The second-order valence-electron chi connectivity index (χ2n) is 8.39. The predicted molar refractivity (Wildman–Crippen MR) is 129 cm³/mol. The highest BCUT2D eigenvalue weighted by Gasteiger charge is 2.24. The quantitative estimate of drug-likeness (QED) is 0.374. The van der Waals surface area contributed by atoms with E-state index >= 15 is 0 Å². The molecule has 0 N–H and O–H groups in total. The molecule has 2 aromatic carbocycles. The van der Waals surface area contributed by atoms with Gasteiger partial charge in [-0.25, -0.2) is 9.59 Å². The molecule has 0 unspecified atom stereocenters. The van der Waals surface area contributed by atoms with Gasteiger partial charge in [-0.3, -0.25) is 4.90 Å². The Kier molecular flexibility index (Phi) is 5.34. The second-order valence-corrected chi connectivity index (χ2v) is 9.30. The summed E-state index contributed by atoms with van der Waals surface area (Å²) in [6.45, 7) is 5.43. The summed E-state index contributed by atoms with van der Waals surface area (Å²) in [6.07, 6.45) is 0.651. The van der Waals surface area contributed by atoms with Crippen molar-refractivity contribution in [2.75, 3.05) is 50.8 Å². The molecule has 2 aromatic heterocycles. The third kappa shape index (κ3) is 3.67. The maximum atomic E-state index is 11.9. The molecular weight excluding hydrogens is 506 g/mol. The topological polar surface area (TPSA) is 89.8 Å². The number of piperazine rings is 1. The van der Waals surface area contributed by atoms with Crippen LogP contribution in [0.2, 0.25) is 0 Å². The molecule has 0 atom stereocenters. The van der Waals surface area contributed by atoms with E-state index in [1.54, 1.807) is 0 Å². The molecule has 1 saturated heterocycles. The summed E-state index contributed by atoms with van der Waals surface area (Å²) >= 11 is 3.51. The molecule has 176 valence electrons. The van der Waals surface area contributed by atoms with Crippen LogP contribution in [0.1, 0.15) is 5.56 Å². The van der Waals surface area contributed by atoms with E-state index in [-0.39, 0.29) is 5.71 Å². The number of ether oxygens (including phenoxy) is 2. The molecule has 6 rings (SSSR count). The first kappa shape index (κ1) is 21.3. The molecule has 34 heavy (non-hydrogen) atoms. The lowest BCUT2D eigenvalue weighted by atomic mass is 10.1. The molecule has 9 nitrogen and oxygen atoms in total. The molecule has 0 radical (unpaired) electrons. The van der Waals surface area contributed by atoms with Crippen LogP contribution in [-0.4, -0.2) is 55.4 Å². The van der Waals surface area contributed by atoms with Crippen LogP contribution in [0.25, 0.3) is 16.6 Å². The summed E-state index contributed by atoms with van der Waals surface area (Å²) in [6, 6.07) is 11.7. The van der Waals surface area contributed by atoms with Crippen molar-refractivity contribution in [2.45, 2.75) is 6.42 Å². The molecule has 4 aromatic rings. The number of fused-ring (bicyclic) bond motifs is 4. The average molecular weight is 528 g/mol. The van der Waals surface area contributed by atoms with Gasteiger partial charge in [-0.05, 0) is 36.8 Å². The van der Waals surface area contributed by atoms with Gasteiger partial charge in [-0.15, -0.1) is 4.57 Å². The number of rotatable bonds is 4. The van der Waals surface area contributed by atoms with Gasteiger partial charge in [0.2, 0.25) is 5.71 Å². The van der Waals surface area contributed by atoms with Crippen LogP contribution in [0.15, 0.2) is 59.4 Å². The van der Waals surface area contributed by atoms with Crippen molar-refractivity contribution in [3.63, 3.8) is 0 Å². The van der Waals surface area contributed by atoms with E-state index in [0.29, 0.717) is 25.2 Å². The number of halogens is 1. The molecule has 0 saturated carbocycles. The molecule has 0 spiro atoms. The molecule has 1 fully saturated rings. The summed E-state index contributed by atoms with van der Waals surface area (Å²) in [4.78, 5) is 28.4. The Morgan fingerprint density at radius 2 is 1.76 bits per heavy atom. The minimum atomic E-state index is -1.02. The summed E-state index contributed by atoms with van der Waals surface area (Å²) in [5, 5.41) is 0.888. The van der Waals surface area contributed by atoms with E-state index in [1.807, 2.05) is 30.3 Å². The van der Waals surface area contributed by atoms with Gasteiger partial charge in [0.15, 0.2) is 11.5 Å². The highest BCUT2D eigenvalue weighted by atomic mass is 79.9.